The summed E-state index contributed by atoms with van der Waals surface area (Å²) < 4.78 is 0. The molecule has 2 heterocycles. The van der Waals surface area contributed by atoms with Gasteiger partial charge in [0.05, 0.1) is 0 Å². The van der Waals surface area contributed by atoms with E-state index in [4.69, 9.17) is 0 Å². The summed E-state index contributed by atoms with van der Waals surface area (Å²) in [7, 11) is 0. The Morgan fingerprint density at radius 3 is 2.89 bits per heavy atom. The monoisotopic (exact) mass is 266 g/mol. The van der Waals surface area contributed by atoms with E-state index < -0.39 is 17.2 Å². The van der Waals surface area contributed by atoms with Crippen LogP contribution in [-0.4, -0.2) is 35.0 Å². The second-order valence-corrected chi connectivity index (χ2v) is 4.85. The quantitative estimate of drug-likeness (QED) is 0.573. The van der Waals surface area contributed by atoms with Crippen LogP contribution in [0.2, 0.25) is 0 Å². The van der Waals surface area contributed by atoms with Crippen molar-refractivity contribution in [2.24, 2.45) is 5.92 Å². The molecule has 1 aromatic rings. The molecule has 0 aliphatic carbocycles. The van der Waals surface area contributed by atoms with E-state index in [9.17, 15) is 14.4 Å². The van der Waals surface area contributed by atoms with Crippen LogP contribution < -0.4 is 21.9 Å². The summed E-state index contributed by atoms with van der Waals surface area (Å²) in [4.78, 5) is 38.7. The number of carbonyl (C=O) groups excluding carboxylic acids is 1. The van der Waals surface area contributed by atoms with E-state index in [-0.39, 0.29) is 11.6 Å². The van der Waals surface area contributed by atoms with Gasteiger partial charge in [0.2, 0.25) is 0 Å². The molecule has 1 saturated heterocycles. The summed E-state index contributed by atoms with van der Waals surface area (Å²) >= 11 is 0. The number of carbonyl (C=O) groups is 1. The fraction of sp³-hybridized carbons (Fsp3) is 0.583. The minimum absolute atomic E-state index is 0.0216. The zero-order chi connectivity index (χ0) is 13.8. The van der Waals surface area contributed by atoms with Gasteiger partial charge >= 0.3 is 5.69 Å². The van der Waals surface area contributed by atoms with E-state index >= 15 is 0 Å². The third-order valence-corrected chi connectivity index (χ3v) is 3.46. The van der Waals surface area contributed by atoms with E-state index in [2.05, 4.69) is 15.6 Å². The Hall–Kier alpha value is -1.89. The van der Waals surface area contributed by atoms with Crippen molar-refractivity contribution < 1.29 is 4.79 Å². The molecular formula is C12H18N4O3. The number of hydrogen-bond donors (Lipinski definition) is 4. The average Bonchev–Trinajstić information content (AvgIpc) is 2.39. The molecule has 1 aromatic heterocycles. The molecule has 104 valence electrons. The normalized spacial score (nSPS) is 20.8. The lowest BCUT2D eigenvalue weighted by molar-refractivity contribution is 0.0920. The van der Waals surface area contributed by atoms with Gasteiger partial charge in [-0.1, -0.05) is 0 Å². The molecule has 0 bridgehead atoms. The molecule has 0 saturated carbocycles. The first-order chi connectivity index (χ1) is 9.08. The topological polar surface area (TPSA) is 107 Å². The molecule has 1 amide bonds. The first-order valence-corrected chi connectivity index (χ1v) is 6.41. The predicted octanol–water partition coefficient (Wildman–Crippen LogP) is -0.819. The molecule has 1 aliphatic heterocycles. The Balaban J connectivity index is 2.03. The zero-order valence-electron chi connectivity index (χ0n) is 10.8. The van der Waals surface area contributed by atoms with Crippen molar-refractivity contribution in [1.29, 1.82) is 0 Å². The van der Waals surface area contributed by atoms with Gasteiger partial charge in [-0.05, 0) is 38.8 Å². The summed E-state index contributed by atoms with van der Waals surface area (Å²) in [6.07, 6.45) is 3.28. The molecule has 1 fully saturated rings. The number of nitrogens with one attached hydrogen (secondary N) is 4. The Morgan fingerprint density at radius 2 is 2.26 bits per heavy atom. The van der Waals surface area contributed by atoms with Crippen molar-refractivity contribution in [3.8, 4) is 0 Å². The first kappa shape index (κ1) is 13.5. The number of hydrogen-bond acceptors (Lipinski definition) is 4. The molecule has 2 unspecified atom stereocenters. The number of rotatable bonds is 3. The lowest BCUT2D eigenvalue weighted by atomic mass is 9.92. The summed E-state index contributed by atoms with van der Waals surface area (Å²) in [5.74, 6) is -0.102. The molecule has 1 aliphatic rings. The molecule has 2 atom stereocenters. The lowest BCUT2D eigenvalue weighted by Gasteiger charge is -2.28. The molecule has 19 heavy (non-hydrogen) atoms. The zero-order valence-corrected chi connectivity index (χ0v) is 10.8. The second kappa shape index (κ2) is 5.83. The summed E-state index contributed by atoms with van der Waals surface area (Å²) in [5.41, 5.74) is -1.36. The average molecular weight is 266 g/mol. The number of aromatic amines is 2. The van der Waals surface area contributed by atoms with Crippen molar-refractivity contribution in [3.63, 3.8) is 0 Å². The fourth-order valence-electron chi connectivity index (χ4n) is 2.29. The minimum atomic E-state index is -0.671. The number of piperidine rings is 1. The maximum atomic E-state index is 12.0. The van der Waals surface area contributed by atoms with E-state index in [1.165, 1.54) is 0 Å². The van der Waals surface area contributed by atoms with E-state index in [1.54, 1.807) is 0 Å². The van der Waals surface area contributed by atoms with E-state index in [0.29, 0.717) is 5.92 Å². The van der Waals surface area contributed by atoms with Crippen LogP contribution in [0.4, 0.5) is 0 Å². The fourth-order valence-corrected chi connectivity index (χ4v) is 2.29. The van der Waals surface area contributed by atoms with Crippen molar-refractivity contribution in [3.05, 3.63) is 32.6 Å². The molecule has 0 radical (unpaired) electrons. The van der Waals surface area contributed by atoms with Gasteiger partial charge in [-0.2, -0.15) is 0 Å². The molecule has 2 rings (SSSR count). The van der Waals surface area contributed by atoms with Crippen molar-refractivity contribution >= 4 is 5.91 Å². The maximum Gasteiger partial charge on any atom is 0.325 e. The molecule has 7 heteroatoms. The second-order valence-electron chi connectivity index (χ2n) is 4.85. The molecular weight excluding hydrogens is 248 g/mol. The SMILES string of the molecule is CC(NC(=O)c1c[nH]c(=O)[nH]c1=O)C1CCCNC1. The van der Waals surface area contributed by atoms with Crippen molar-refractivity contribution in [1.82, 2.24) is 20.6 Å². The van der Waals surface area contributed by atoms with Gasteiger partial charge in [-0.15, -0.1) is 0 Å². The molecule has 4 N–H and O–H groups in total. The maximum absolute atomic E-state index is 12.0. The van der Waals surface area contributed by atoms with Gasteiger partial charge < -0.3 is 15.6 Å². The number of amides is 1. The highest BCUT2D eigenvalue weighted by atomic mass is 16.2. The highest BCUT2D eigenvalue weighted by Gasteiger charge is 2.22. The largest absolute Gasteiger partial charge is 0.349 e. The summed E-state index contributed by atoms with van der Waals surface area (Å²) in [6, 6.07) is -0.0216. The van der Waals surface area contributed by atoms with Crippen LogP contribution in [-0.2, 0) is 0 Å². The Kier molecular flexibility index (Phi) is 4.16. The molecule has 0 aromatic carbocycles. The van der Waals surface area contributed by atoms with Gasteiger partial charge in [0.1, 0.15) is 5.56 Å². The highest BCUT2D eigenvalue weighted by molar-refractivity contribution is 5.93. The van der Waals surface area contributed by atoms with Crippen molar-refractivity contribution in [2.75, 3.05) is 13.1 Å². The Morgan fingerprint density at radius 1 is 1.47 bits per heavy atom. The van der Waals surface area contributed by atoms with Gasteiger partial charge in [0.15, 0.2) is 0 Å². The van der Waals surface area contributed by atoms with Crippen LogP contribution in [0.25, 0.3) is 0 Å². The Bertz CT molecular complexity index is 557. The first-order valence-electron chi connectivity index (χ1n) is 6.41. The van der Waals surface area contributed by atoms with Crippen LogP contribution in [0.1, 0.15) is 30.1 Å². The smallest absolute Gasteiger partial charge is 0.325 e. The summed E-state index contributed by atoms with van der Waals surface area (Å²) in [6.45, 7) is 3.80. The van der Waals surface area contributed by atoms with Crippen LogP contribution in [0.5, 0.6) is 0 Å². The van der Waals surface area contributed by atoms with E-state index in [0.717, 1.165) is 32.1 Å². The lowest BCUT2D eigenvalue weighted by Crippen LogP contribution is -2.45. The number of H-pyrrole nitrogens is 2. The van der Waals surface area contributed by atoms with Crippen LogP contribution in [0, 0.1) is 5.92 Å². The molecule has 0 spiro atoms. The third-order valence-electron chi connectivity index (χ3n) is 3.46. The summed E-state index contributed by atoms with van der Waals surface area (Å²) in [5, 5.41) is 6.09. The predicted molar refractivity (Wildman–Crippen MR) is 70.2 cm³/mol. The van der Waals surface area contributed by atoms with Crippen molar-refractivity contribution in [2.45, 2.75) is 25.8 Å². The Labute approximate surface area is 109 Å². The van der Waals surface area contributed by atoms with Crippen LogP contribution >= 0.6 is 0 Å². The number of aromatic nitrogens is 2. The highest BCUT2D eigenvalue weighted by Crippen LogP contribution is 2.14. The van der Waals surface area contributed by atoms with Gasteiger partial charge in [-0.3, -0.25) is 14.6 Å². The van der Waals surface area contributed by atoms with Crippen LogP contribution in [0.15, 0.2) is 15.8 Å². The van der Waals surface area contributed by atoms with Gasteiger partial charge in [0, 0.05) is 12.2 Å². The van der Waals surface area contributed by atoms with Crippen LogP contribution in [0.3, 0.4) is 0 Å². The third kappa shape index (κ3) is 3.31. The standard InChI is InChI=1S/C12H18N4O3/c1-7(8-3-2-4-13-5-8)15-10(17)9-6-14-12(19)16-11(9)18/h6-8,13H,2-5H2,1H3,(H,15,17)(H2,14,16,18,19). The minimum Gasteiger partial charge on any atom is -0.349 e. The van der Waals surface area contributed by atoms with E-state index in [1.807, 2.05) is 11.9 Å². The van der Waals surface area contributed by atoms with Gasteiger partial charge in [-0.25, -0.2) is 4.79 Å². The van der Waals surface area contributed by atoms with Gasteiger partial charge in [0.25, 0.3) is 11.5 Å². The molecule has 7 nitrogen and oxygen atoms in total.